The van der Waals surface area contributed by atoms with E-state index >= 15 is 0 Å². The molecule has 0 atom stereocenters. The summed E-state index contributed by atoms with van der Waals surface area (Å²) in [5.74, 6) is 0.627. The molecule has 0 fully saturated rings. The van der Waals surface area contributed by atoms with E-state index in [9.17, 15) is 4.79 Å². The average Bonchev–Trinajstić information content (AvgIpc) is 2.38. The van der Waals surface area contributed by atoms with Crippen molar-refractivity contribution < 1.29 is 9.53 Å². The monoisotopic (exact) mass is 417 g/mol. The number of hydrogen-bond donors (Lipinski definition) is 2. The van der Waals surface area contributed by atoms with Gasteiger partial charge in [0.25, 0.3) is 0 Å². The van der Waals surface area contributed by atoms with Gasteiger partial charge < -0.3 is 15.4 Å². The van der Waals surface area contributed by atoms with Crippen molar-refractivity contribution in [2.24, 2.45) is 4.99 Å². The van der Waals surface area contributed by atoms with Gasteiger partial charge >= 0.3 is 5.97 Å². The number of nitrogens with one attached hydrogen (secondary N) is 2. The fourth-order valence-corrected chi connectivity index (χ4v) is 1.48. The zero-order chi connectivity index (χ0) is 14.7. The van der Waals surface area contributed by atoms with Crippen LogP contribution in [0.3, 0.4) is 0 Å². The van der Waals surface area contributed by atoms with Gasteiger partial charge in [-0.15, -0.1) is 24.0 Å². The minimum absolute atomic E-state index is 0. The molecule has 7 heteroatoms. The number of guanidine groups is 1. The van der Waals surface area contributed by atoms with E-state index in [0.717, 1.165) is 18.9 Å². The second kappa shape index (κ2) is 12.6. The molecule has 0 rings (SSSR count). The first kappa shape index (κ1) is 22.1. The van der Waals surface area contributed by atoms with Crippen LogP contribution in [-0.4, -0.2) is 49.7 Å². The smallest absolute Gasteiger partial charge is 0.305 e. The van der Waals surface area contributed by atoms with Gasteiger partial charge in [0, 0.05) is 31.3 Å². The Morgan fingerprint density at radius 3 is 2.50 bits per heavy atom. The first-order chi connectivity index (χ1) is 8.95. The van der Waals surface area contributed by atoms with Crippen LogP contribution in [0, 0.1) is 0 Å². The van der Waals surface area contributed by atoms with E-state index in [1.165, 1.54) is 0 Å². The van der Waals surface area contributed by atoms with E-state index in [1.54, 1.807) is 7.05 Å². The minimum Gasteiger partial charge on any atom is -0.466 e. The summed E-state index contributed by atoms with van der Waals surface area (Å²) in [5, 5.41) is 6.46. The first-order valence-electron chi connectivity index (χ1n) is 6.60. The van der Waals surface area contributed by atoms with E-state index in [1.807, 2.05) is 18.7 Å². The van der Waals surface area contributed by atoms with Gasteiger partial charge in [0.2, 0.25) is 0 Å². The standard InChI is InChI=1S/C13H27N3O2S.HI/c1-6-18-11(17)8-7-9-15-12(14-4)16-10-13(2,3)19-5;/h6-10H2,1-5H3,(H2,14,15,16);1H. The summed E-state index contributed by atoms with van der Waals surface area (Å²) in [5.41, 5.74) is 0. The second-order valence-electron chi connectivity index (χ2n) is 4.72. The molecule has 0 aromatic rings. The molecule has 0 aliphatic carbocycles. The van der Waals surface area contributed by atoms with Gasteiger partial charge in [0.1, 0.15) is 0 Å². The lowest BCUT2D eigenvalue weighted by Crippen LogP contribution is -2.43. The van der Waals surface area contributed by atoms with Crippen molar-refractivity contribution in [3.63, 3.8) is 0 Å². The van der Waals surface area contributed by atoms with Crippen LogP contribution in [0.1, 0.15) is 33.6 Å². The zero-order valence-corrected chi connectivity index (χ0v) is 16.3. The summed E-state index contributed by atoms with van der Waals surface area (Å²) in [6, 6.07) is 0. The third kappa shape index (κ3) is 11.6. The Hall–Kier alpha value is -0.180. The van der Waals surface area contributed by atoms with Gasteiger partial charge in [-0.1, -0.05) is 0 Å². The van der Waals surface area contributed by atoms with E-state index in [0.29, 0.717) is 19.6 Å². The van der Waals surface area contributed by atoms with Gasteiger partial charge in [-0.3, -0.25) is 9.79 Å². The topological polar surface area (TPSA) is 62.7 Å². The highest BCUT2D eigenvalue weighted by molar-refractivity contribution is 14.0. The minimum atomic E-state index is -0.143. The molecule has 0 unspecified atom stereocenters. The molecule has 0 heterocycles. The summed E-state index contributed by atoms with van der Waals surface area (Å²) in [6.07, 6.45) is 3.27. The Morgan fingerprint density at radius 2 is 2.00 bits per heavy atom. The molecule has 0 radical (unpaired) electrons. The van der Waals surface area contributed by atoms with Crippen LogP contribution >= 0.6 is 35.7 Å². The molecule has 0 saturated heterocycles. The molecule has 0 spiro atoms. The highest BCUT2D eigenvalue weighted by Gasteiger charge is 2.15. The van der Waals surface area contributed by atoms with Crippen molar-refractivity contribution in [2.45, 2.75) is 38.4 Å². The summed E-state index contributed by atoms with van der Waals surface area (Å²) in [4.78, 5) is 15.3. The lowest BCUT2D eigenvalue weighted by atomic mass is 10.2. The Balaban J connectivity index is 0. The molecular formula is C13H28IN3O2S. The molecule has 0 aromatic heterocycles. The maximum absolute atomic E-state index is 11.2. The number of ether oxygens (including phenoxy) is 1. The number of esters is 1. The van der Waals surface area contributed by atoms with Crippen molar-refractivity contribution in [1.29, 1.82) is 0 Å². The first-order valence-corrected chi connectivity index (χ1v) is 7.83. The molecule has 0 aliphatic rings. The summed E-state index contributed by atoms with van der Waals surface area (Å²) in [7, 11) is 1.74. The molecule has 0 bridgehead atoms. The van der Waals surface area contributed by atoms with Crippen LogP contribution in [0.5, 0.6) is 0 Å². The quantitative estimate of drug-likeness (QED) is 0.209. The number of nitrogens with zero attached hydrogens (tertiary/aromatic N) is 1. The molecule has 20 heavy (non-hydrogen) atoms. The largest absolute Gasteiger partial charge is 0.466 e. The third-order valence-electron chi connectivity index (χ3n) is 2.61. The summed E-state index contributed by atoms with van der Waals surface area (Å²) < 4.78 is 5.04. The van der Waals surface area contributed by atoms with Gasteiger partial charge in [-0.05, 0) is 33.4 Å². The number of rotatable bonds is 8. The summed E-state index contributed by atoms with van der Waals surface area (Å²) >= 11 is 1.81. The van der Waals surface area contributed by atoms with Gasteiger partial charge in [-0.25, -0.2) is 0 Å². The predicted molar refractivity (Wildman–Crippen MR) is 98.2 cm³/mol. The second-order valence-corrected chi connectivity index (χ2v) is 6.24. The van der Waals surface area contributed by atoms with Crippen LogP contribution in [0.2, 0.25) is 0 Å². The molecule has 0 aromatic carbocycles. The SMILES string of the molecule is CCOC(=O)CCCNC(=NC)NCC(C)(C)SC.I. The number of hydrogen-bond acceptors (Lipinski definition) is 4. The Bertz CT molecular complexity index is 299. The highest BCUT2D eigenvalue weighted by Crippen LogP contribution is 2.19. The van der Waals surface area contributed by atoms with Gasteiger partial charge in [0.05, 0.1) is 6.61 Å². The van der Waals surface area contributed by atoms with E-state index < -0.39 is 0 Å². The molecule has 5 nitrogen and oxygen atoms in total. The van der Waals surface area contributed by atoms with Gasteiger partial charge in [-0.2, -0.15) is 11.8 Å². The van der Waals surface area contributed by atoms with Crippen molar-refractivity contribution in [3.8, 4) is 0 Å². The number of aliphatic imine (C=N–C) groups is 1. The average molecular weight is 417 g/mol. The maximum atomic E-state index is 11.2. The van der Waals surface area contributed by atoms with Crippen LogP contribution in [0.15, 0.2) is 4.99 Å². The molecule has 0 amide bonds. The molecule has 0 saturated carbocycles. The van der Waals surface area contributed by atoms with E-state index in [-0.39, 0.29) is 34.7 Å². The number of halogens is 1. The fourth-order valence-electron chi connectivity index (χ4n) is 1.26. The molecule has 2 N–H and O–H groups in total. The van der Waals surface area contributed by atoms with Crippen LogP contribution in [0.25, 0.3) is 0 Å². The Labute approximate surface area is 144 Å². The molecule has 0 aliphatic heterocycles. The molecule has 120 valence electrons. The van der Waals surface area contributed by atoms with Crippen LogP contribution in [-0.2, 0) is 9.53 Å². The maximum Gasteiger partial charge on any atom is 0.305 e. The van der Waals surface area contributed by atoms with Crippen molar-refractivity contribution in [3.05, 3.63) is 0 Å². The van der Waals surface area contributed by atoms with Crippen molar-refractivity contribution in [2.75, 3.05) is 33.0 Å². The number of carbonyl (C=O) groups excluding carboxylic acids is 1. The van der Waals surface area contributed by atoms with Crippen LogP contribution < -0.4 is 10.6 Å². The highest BCUT2D eigenvalue weighted by atomic mass is 127. The fraction of sp³-hybridized carbons (Fsp3) is 0.846. The normalized spacial score (nSPS) is 11.6. The zero-order valence-electron chi connectivity index (χ0n) is 13.1. The Morgan fingerprint density at radius 1 is 1.35 bits per heavy atom. The predicted octanol–water partition coefficient (Wildman–Crippen LogP) is 2.25. The van der Waals surface area contributed by atoms with Gasteiger partial charge in [0.15, 0.2) is 5.96 Å². The van der Waals surface area contributed by atoms with Crippen molar-refractivity contribution in [1.82, 2.24) is 10.6 Å². The Kier molecular flexibility index (Phi) is 13.9. The third-order valence-corrected chi connectivity index (χ3v) is 3.86. The number of thioether (sulfide) groups is 1. The van der Waals surface area contributed by atoms with Crippen molar-refractivity contribution >= 4 is 47.7 Å². The lowest BCUT2D eigenvalue weighted by molar-refractivity contribution is -0.143. The summed E-state index contributed by atoms with van der Waals surface area (Å²) in [6.45, 7) is 8.16. The number of carbonyl (C=O) groups is 1. The molecular weight excluding hydrogens is 389 g/mol. The van der Waals surface area contributed by atoms with E-state index in [4.69, 9.17) is 4.74 Å². The lowest BCUT2D eigenvalue weighted by Gasteiger charge is -2.23. The van der Waals surface area contributed by atoms with E-state index in [2.05, 4.69) is 35.7 Å². The van der Waals surface area contributed by atoms with Crippen LogP contribution in [0.4, 0.5) is 0 Å².